The molecule has 1 aliphatic carbocycles. The van der Waals surface area contributed by atoms with Crippen LogP contribution in [0.1, 0.15) is 52.3 Å². The number of nitrogens with one attached hydrogen (secondary N) is 2. The molecule has 1 saturated carbocycles. The quantitative estimate of drug-likeness (QED) is 0.564. The summed E-state index contributed by atoms with van der Waals surface area (Å²) in [6.45, 7) is 8.77. The van der Waals surface area contributed by atoms with Gasteiger partial charge in [-0.1, -0.05) is 20.8 Å². The normalized spacial score (nSPS) is 17.4. The van der Waals surface area contributed by atoms with Gasteiger partial charge in [-0.05, 0) is 25.2 Å². The molecular weight excluding hydrogens is 226 g/mol. The minimum atomic E-state index is 0.182. The van der Waals surface area contributed by atoms with Crippen LogP contribution in [0.15, 0.2) is 6.07 Å². The minimum Gasteiger partial charge on any atom is -0.367 e. The number of nitrogens with zero attached hydrogens (tertiary/aromatic N) is 2. The zero-order valence-electron chi connectivity index (χ0n) is 11.6. The molecule has 1 aromatic heterocycles. The van der Waals surface area contributed by atoms with Crippen molar-refractivity contribution in [3.63, 3.8) is 0 Å². The second-order valence-corrected chi connectivity index (χ2v) is 6.15. The largest absolute Gasteiger partial charge is 0.367 e. The fourth-order valence-corrected chi connectivity index (χ4v) is 1.58. The molecule has 1 heterocycles. The van der Waals surface area contributed by atoms with Gasteiger partial charge in [0.1, 0.15) is 17.5 Å². The first-order valence-corrected chi connectivity index (χ1v) is 6.52. The molecule has 1 fully saturated rings. The predicted molar refractivity (Wildman–Crippen MR) is 74.4 cm³/mol. The summed E-state index contributed by atoms with van der Waals surface area (Å²) >= 11 is 0. The van der Waals surface area contributed by atoms with Gasteiger partial charge in [0.2, 0.25) is 0 Å². The molecule has 100 valence electrons. The minimum absolute atomic E-state index is 0.182. The van der Waals surface area contributed by atoms with Crippen LogP contribution in [-0.4, -0.2) is 16.0 Å². The van der Waals surface area contributed by atoms with Crippen molar-refractivity contribution < 1.29 is 0 Å². The average molecular weight is 249 g/mol. The molecular formula is C13H23N5. The number of anilines is 2. The molecule has 1 atom stereocenters. The first kappa shape index (κ1) is 13.1. The summed E-state index contributed by atoms with van der Waals surface area (Å²) in [5.74, 6) is 8.40. The van der Waals surface area contributed by atoms with Gasteiger partial charge < -0.3 is 10.7 Å². The molecule has 1 unspecified atom stereocenters. The van der Waals surface area contributed by atoms with Gasteiger partial charge in [-0.2, -0.15) is 0 Å². The molecule has 0 aromatic carbocycles. The molecule has 0 aliphatic heterocycles. The molecule has 0 radical (unpaired) electrons. The zero-order chi connectivity index (χ0) is 13.3. The lowest BCUT2D eigenvalue weighted by molar-refractivity contribution is 0.358. The third kappa shape index (κ3) is 3.10. The van der Waals surface area contributed by atoms with Crippen LogP contribution in [0.5, 0.6) is 0 Å². The molecule has 1 aromatic rings. The Morgan fingerprint density at radius 3 is 2.39 bits per heavy atom. The smallest absolute Gasteiger partial charge is 0.145 e. The monoisotopic (exact) mass is 249 g/mol. The Balaban J connectivity index is 2.18. The lowest BCUT2D eigenvalue weighted by atomic mass is 9.88. The maximum atomic E-state index is 5.46. The van der Waals surface area contributed by atoms with Crippen LogP contribution < -0.4 is 16.6 Å². The van der Waals surface area contributed by atoms with Crippen molar-refractivity contribution in [1.82, 2.24) is 9.97 Å². The lowest BCUT2D eigenvalue weighted by Crippen LogP contribution is -2.31. The second-order valence-electron chi connectivity index (χ2n) is 6.15. The van der Waals surface area contributed by atoms with Gasteiger partial charge >= 0.3 is 0 Å². The Labute approximate surface area is 109 Å². The number of hydrogen-bond donors (Lipinski definition) is 3. The van der Waals surface area contributed by atoms with E-state index in [9.17, 15) is 0 Å². The van der Waals surface area contributed by atoms with E-state index in [1.165, 1.54) is 12.8 Å². The summed E-state index contributed by atoms with van der Waals surface area (Å²) in [5.41, 5.74) is 2.79. The summed E-state index contributed by atoms with van der Waals surface area (Å²) in [7, 11) is 0. The van der Waals surface area contributed by atoms with Crippen molar-refractivity contribution in [2.75, 3.05) is 10.7 Å². The van der Waals surface area contributed by atoms with E-state index in [4.69, 9.17) is 5.84 Å². The fraction of sp³-hybridized carbons (Fsp3) is 0.692. The van der Waals surface area contributed by atoms with Crippen LogP contribution in [0.3, 0.4) is 0 Å². The van der Waals surface area contributed by atoms with Crippen LogP contribution in [-0.2, 0) is 0 Å². The fourth-order valence-electron chi connectivity index (χ4n) is 1.58. The van der Waals surface area contributed by atoms with Gasteiger partial charge in [-0.3, -0.25) is 0 Å². The summed E-state index contributed by atoms with van der Waals surface area (Å²) in [4.78, 5) is 8.98. The molecule has 5 heteroatoms. The molecule has 0 spiro atoms. The van der Waals surface area contributed by atoms with E-state index in [1.54, 1.807) is 0 Å². The van der Waals surface area contributed by atoms with Crippen molar-refractivity contribution in [2.45, 2.75) is 52.5 Å². The van der Waals surface area contributed by atoms with Gasteiger partial charge in [0.15, 0.2) is 0 Å². The molecule has 1 aliphatic rings. The lowest BCUT2D eigenvalue weighted by Gasteiger charge is -2.28. The van der Waals surface area contributed by atoms with Crippen molar-refractivity contribution >= 4 is 11.6 Å². The number of nitrogens with two attached hydrogens (primary N) is 1. The van der Waals surface area contributed by atoms with Crippen molar-refractivity contribution in [1.29, 1.82) is 0 Å². The van der Waals surface area contributed by atoms with E-state index in [1.807, 2.05) is 6.07 Å². The zero-order valence-corrected chi connectivity index (χ0v) is 11.6. The summed E-state index contributed by atoms with van der Waals surface area (Å²) < 4.78 is 0. The maximum absolute atomic E-state index is 5.46. The van der Waals surface area contributed by atoms with Gasteiger partial charge in [0, 0.05) is 18.0 Å². The van der Waals surface area contributed by atoms with Gasteiger partial charge in [0.05, 0.1) is 0 Å². The molecule has 2 rings (SSSR count). The van der Waals surface area contributed by atoms with E-state index in [0.717, 1.165) is 11.6 Å². The Morgan fingerprint density at radius 1 is 1.28 bits per heavy atom. The van der Waals surface area contributed by atoms with Gasteiger partial charge in [-0.25, -0.2) is 15.8 Å². The molecule has 4 N–H and O–H groups in total. The third-order valence-corrected chi connectivity index (χ3v) is 3.50. The van der Waals surface area contributed by atoms with E-state index in [-0.39, 0.29) is 5.41 Å². The van der Waals surface area contributed by atoms with Crippen molar-refractivity contribution in [3.8, 4) is 0 Å². The molecule has 0 saturated heterocycles. The van der Waals surface area contributed by atoms with Crippen LogP contribution in [0, 0.1) is 5.41 Å². The van der Waals surface area contributed by atoms with E-state index in [0.29, 0.717) is 17.8 Å². The van der Waals surface area contributed by atoms with Crippen LogP contribution in [0.4, 0.5) is 11.6 Å². The molecule has 0 amide bonds. The molecule has 18 heavy (non-hydrogen) atoms. The number of hydrogen-bond acceptors (Lipinski definition) is 5. The summed E-state index contributed by atoms with van der Waals surface area (Å²) in [5, 5.41) is 3.43. The van der Waals surface area contributed by atoms with Crippen molar-refractivity contribution in [3.05, 3.63) is 11.9 Å². The van der Waals surface area contributed by atoms with Gasteiger partial charge in [-0.15, -0.1) is 0 Å². The number of nitrogen functional groups attached to an aromatic ring is 1. The standard InChI is InChI=1S/C13H23N5/c1-8(13(2,3)4)15-10-7-11(18-14)17-12(16-10)9-5-6-9/h7-9H,5-6,14H2,1-4H3,(H2,15,16,17,18). The first-order chi connectivity index (χ1) is 8.40. The van der Waals surface area contributed by atoms with Crippen molar-refractivity contribution in [2.24, 2.45) is 11.3 Å². The maximum Gasteiger partial charge on any atom is 0.145 e. The Bertz CT molecular complexity index is 420. The van der Waals surface area contributed by atoms with E-state index in [2.05, 4.69) is 48.4 Å². The molecule has 0 bridgehead atoms. The highest BCUT2D eigenvalue weighted by atomic mass is 15.3. The highest BCUT2D eigenvalue weighted by Gasteiger charge is 2.28. The van der Waals surface area contributed by atoms with E-state index < -0.39 is 0 Å². The Morgan fingerprint density at radius 2 is 1.89 bits per heavy atom. The van der Waals surface area contributed by atoms with Crippen LogP contribution >= 0.6 is 0 Å². The second kappa shape index (κ2) is 4.72. The van der Waals surface area contributed by atoms with Crippen LogP contribution in [0.2, 0.25) is 0 Å². The Hall–Kier alpha value is -1.36. The number of hydrazine groups is 1. The Kier molecular flexibility index (Phi) is 3.43. The third-order valence-electron chi connectivity index (χ3n) is 3.50. The summed E-state index contributed by atoms with van der Waals surface area (Å²) in [6, 6.07) is 2.18. The van der Waals surface area contributed by atoms with Crippen LogP contribution in [0.25, 0.3) is 0 Å². The topological polar surface area (TPSA) is 75.9 Å². The SMILES string of the molecule is CC(Nc1cc(NN)nc(C2CC2)n1)C(C)(C)C. The summed E-state index contributed by atoms with van der Waals surface area (Å²) in [6.07, 6.45) is 2.37. The molecule has 5 nitrogen and oxygen atoms in total. The highest BCUT2D eigenvalue weighted by Crippen LogP contribution is 2.39. The predicted octanol–water partition coefficient (Wildman–Crippen LogP) is 2.49. The van der Waals surface area contributed by atoms with E-state index >= 15 is 0 Å². The average Bonchev–Trinajstić information content (AvgIpc) is 3.11. The van der Waals surface area contributed by atoms with Gasteiger partial charge in [0.25, 0.3) is 0 Å². The highest BCUT2D eigenvalue weighted by molar-refractivity contribution is 5.48. The number of aromatic nitrogens is 2. The first-order valence-electron chi connectivity index (χ1n) is 6.52. The number of rotatable bonds is 4.